The number of phenols is 1. The number of phenolic OH excluding ortho intramolecular Hbond substituents is 1. The summed E-state index contributed by atoms with van der Waals surface area (Å²) in [5.41, 5.74) is 2.76. The third kappa shape index (κ3) is 7.09. The number of ether oxygens (including phenoxy) is 1. The van der Waals surface area contributed by atoms with Crippen molar-refractivity contribution in [2.24, 2.45) is 0 Å². The molecular formula is C29H40N4O4. The van der Waals surface area contributed by atoms with Gasteiger partial charge in [-0.05, 0) is 62.2 Å². The third-order valence-electron chi connectivity index (χ3n) is 7.33. The Morgan fingerprint density at radius 3 is 2.59 bits per heavy atom. The Hall–Kier alpha value is -2.94. The van der Waals surface area contributed by atoms with Crippen LogP contribution in [0.5, 0.6) is 5.75 Å². The topological polar surface area (TPSA) is 85.3 Å². The highest BCUT2D eigenvalue weighted by molar-refractivity contribution is 5.94. The average Bonchev–Trinajstić information content (AvgIpc) is 3.15. The van der Waals surface area contributed by atoms with Crippen molar-refractivity contribution in [1.82, 2.24) is 20.0 Å². The highest BCUT2D eigenvalue weighted by Gasteiger charge is 2.30. The number of aromatic hydroxyl groups is 1. The lowest BCUT2D eigenvalue weighted by molar-refractivity contribution is -0.143. The van der Waals surface area contributed by atoms with Crippen LogP contribution < -0.4 is 5.32 Å². The van der Waals surface area contributed by atoms with Crippen molar-refractivity contribution in [3.05, 3.63) is 65.2 Å². The van der Waals surface area contributed by atoms with Gasteiger partial charge in [-0.2, -0.15) is 0 Å². The Morgan fingerprint density at radius 1 is 1.05 bits per heavy atom. The van der Waals surface area contributed by atoms with E-state index in [2.05, 4.69) is 28.1 Å². The predicted molar refractivity (Wildman–Crippen MR) is 144 cm³/mol. The number of carbonyl (C=O) groups is 2. The third-order valence-corrected chi connectivity index (χ3v) is 7.33. The number of hydrogen-bond donors (Lipinski definition) is 2. The van der Waals surface area contributed by atoms with Crippen molar-refractivity contribution in [2.75, 3.05) is 59.0 Å². The summed E-state index contributed by atoms with van der Waals surface area (Å²) in [5.74, 6) is 0.114. The number of benzene rings is 2. The summed E-state index contributed by atoms with van der Waals surface area (Å²) in [4.78, 5) is 31.9. The molecule has 1 amide bonds. The molecule has 0 unspecified atom stereocenters. The molecule has 4 rings (SSSR count). The summed E-state index contributed by atoms with van der Waals surface area (Å²) in [5, 5.41) is 13.7. The molecule has 2 aromatic carbocycles. The van der Waals surface area contributed by atoms with Crippen LogP contribution in [0.1, 0.15) is 54.2 Å². The molecular weight excluding hydrogens is 468 g/mol. The first-order chi connectivity index (χ1) is 18.0. The number of carbonyl (C=O) groups excluding carboxylic acids is 2. The number of nitrogens with zero attached hydrogens (tertiary/aromatic N) is 3. The van der Waals surface area contributed by atoms with Gasteiger partial charge in [-0.15, -0.1) is 0 Å². The molecule has 2 saturated heterocycles. The first-order valence-electron chi connectivity index (χ1n) is 13.5. The standard InChI is InChI=1S/C29H40N4O4/c1-3-37-27(35)11-15-31-13-6-14-32(18-17-31)29(36)25-9-4-7-23(19-25)28(24-8-5-10-26(34)20-24)33-16-12-30-21-22(33)2/h4-5,7-10,19-20,22,28,30,34H,3,6,11-18,21H2,1-2H3/t22-,28+/m0/s1. The van der Waals surface area contributed by atoms with Crippen molar-refractivity contribution < 1.29 is 19.4 Å². The van der Waals surface area contributed by atoms with Crippen molar-refractivity contribution >= 4 is 11.9 Å². The van der Waals surface area contributed by atoms with E-state index in [0.29, 0.717) is 44.3 Å². The van der Waals surface area contributed by atoms with Gasteiger partial charge in [0.1, 0.15) is 5.75 Å². The zero-order chi connectivity index (χ0) is 26.2. The molecule has 0 spiro atoms. The monoisotopic (exact) mass is 508 g/mol. The minimum absolute atomic E-state index is 0.0390. The van der Waals surface area contributed by atoms with Crippen molar-refractivity contribution in [1.29, 1.82) is 0 Å². The van der Waals surface area contributed by atoms with E-state index in [1.165, 1.54) is 0 Å². The average molecular weight is 509 g/mol. The molecule has 8 nitrogen and oxygen atoms in total. The maximum Gasteiger partial charge on any atom is 0.307 e. The fraction of sp³-hybridized carbons (Fsp3) is 0.517. The van der Waals surface area contributed by atoms with Gasteiger partial charge in [0.05, 0.1) is 19.1 Å². The van der Waals surface area contributed by atoms with Crippen LogP contribution >= 0.6 is 0 Å². The van der Waals surface area contributed by atoms with Crippen LogP contribution in [0, 0.1) is 0 Å². The van der Waals surface area contributed by atoms with Gasteiger partial charge in [0, 0.05) is 57.4 Å². The van der Waals surface area contributed by atoms with Gasteiger partial charge in [-0.25, -0.2) is 0 Å². The lowest BCUT2D eigenvalue weighted by Crippen LogP contribution is -2.51. The normalized spacial score (nSPS) is 20.3. The van der Waals surface area contributed by atoms with Crippen LogP contribution in [0.2, 0.25) is 0 Å². The van der Waals surface area contributed by atoms with E-state index in [1.807, 2.05) is 48.2 Å². The minimum Gasteiger partial charge on any atom is -0.508 e. The molecule has 0 bridgehead atoms. The lowest BCUT2D eigenvalue weighted by Gasteiger charge is -2.40. The summed E-state index contributed by atoms with van der Waals surface area (Å²) in [6.45, 7) is 10.7. The van der Waals surface area contributed by atoms with E-state index in [-0.39, 0.29) is 23.7 Å². The maximum atomic E-state index is 13.6. The van der Waals surface area contributed by atoms with Crippen LogP contribution in [0.15, 0.2) is 48.5 Å². The van der Waals surface area contributed by atoms with Crippen LogP contribution in [0.4, 0.5) is 0 Å². The zero-order valence-electron chi connectivity index (χ0n) is 22.1. The molecule has 0 aliphatic carbocycles. The van der Waals surface area contributed by atoms with Gasteiger partial charge in [0.2, 0.25) is 0 Å². The Kier molecular flexibility index (Phi) is 9.55. The fourth-order valence-corrected chi connectivity index (χ4v) is 5.42. The Labute approximate surface area is 220 Å². The van der Waals surface area contributed by atoms with E-state index in [9.17, 15) is 14.7 Å². The number of nitrogens with one attached hydrogen (secondary N) is 1. The van der Waals surface area contributed by atoms with Gasteiger partial charge in [-0.3, -0.25) is 14.5 Å². The van der Waals surface area contributed by atoms with Crippen molar-refractivity contribution in [3.8, 4) is 5.75 Å². The molecule has 2 fully saturated rings. The number of hydrogen-bond acceptors (Lipinski definition) is 7. The van der Waals surface area contributed by atoms with E-state index in [1.54, 1.807) is 6.07 Å². The highest BCUT2D eigenvalue weighted by Crippen LogP contribution is 2.33. The zero-order valence-corrected chi connectivity index (χ0v) is 22.1. The summed E-state index contributed by atoms with van der Waals surface area (Å²) < 4.78 is 5.05. The predicted octanol–water partition coefficient (Wildman–Crippen LogP) is 2.88. The summed E-state index contributed by atoms with van der Waals surface area (Å²) in [6.07, 6.45) is 1.25. The van der Waals surface area contributed by atoms with Crippen LogP contribution in [-0.4, -0.2) is 96.7 Å². The van der Waals surface area contributed by atoms with Crippen molar-refractivity contribution in [3.63, 3.8) is 0 Å². The summed E-state index contributed by atoms with van der Waals surface area (Å²) in [7, 11) is 0. The van der Waals surface area contributed by atoms with Gasteiger partial charge >= 0.3 is 5.97 Å². The lowest BCUT2D eigenvalue weighted by atomic mass is 9.93. The van der Waals surface area contributed by atoms with Crippen molar-refractivity contribution in [2.45, 2.75) is 38.8 Å². The Morgan fingerprint density at radius 2 is 1.84 bits per heavy atom. The molecule has 0 aromatic heterocycles. The molecule has 2 aliphatic rings. The number of esters is 1. The van der Waals surface area contributed by atoms with E-state index < -0.39 is 0 Å². The van der Waals surface area contributed by atoms with E-state index in [0.717, 1.165) is 50.3 Å². The second-order valence-corrected chi connectivity index (χ2v) is 9.96. The second kappa shape index (κ2) is 13.0. The first-order valence-corrected chi connectivity index (χ1v) is 13.5. The molecule has 8 heteroatoms. The number of rotatable bonds is 8. The smallest absolute Gasteiger partial charge is 0.307 e. The molecule has 2 atom stereocenters. The Balaban J connectivity index is 1.50. The molecule has 0 radical (unpaired) electrons. The summed E-state index contributed by atoms with van der Waals surface area (Å²) in [6, 6.07) is 15.7. The fourth-order valence-electron chi connectivity index (χ4n) is 5.42. The number of amides is 1. The number of piperazine rings is 1. The highest BCUT2D eigenvalue weighted by atomic mass is 16.5. The molecule has 2 aromatic rings. The van der Waals surface area contributed by atoms with Crippen LogP contribution in [-0.2, 0) is 9.53 Å². The van der Waals surface area contributed by atoms with Crippen LogP contribution in [0.25, 0.3) is 0 Å². The Bertz CT molecular complexity index is 1060. The molecule has 2 heterocycles. The van der Waals surface area contributed by atoms with E-state index >= 15 is 0 Å². The molecule has 200 valence electrons. The van der Waals surface area contributed by atoms with E-state index in [4.69, 9.17) is 4.74 Å². The van der Waals surface area contributed by atoms with Gasteiger partial charge in [-0.1, -0.05) is 24.3 Å². The molecule has 2 aliphatic heterocycles. The molecule has 0 saturated carbocycles. The second-order valence-electron chi connectivity index (χ2n) is 9.96. The van der Waals surface area contributed by atoms with Gasteiger partial charge in [0.15, 0.2) is 0 Å². The minimum atomic E-state index is -0.170. The molecule has 37 heavy (non-hydrogen) atoms. The maximum absolute atomic E-state index is 13.6. The quantitative estimate of drug-likeness (QED) is 0.531. The SMILES string of the molecule is CCOC(=O)CCN1CCCN(C(=O)c2cccc([C@H](c3cccc(O)c3)N3CCNC[C@@H]3C)c2)CC1. The summed E-state index contributed by atoms with van der Waals surface area (Å²) >= 11 is 0. The largest absolute Gasteiger partial charge is 0.508 e. The van der Waals surface area contributed by atoms with Gasteiger partial charge in [0.25, 0.3) is 5.91 Å². The first kappa shape index (κ1) is 27.1. The molecule has 2 N–H and O–H groups in total. The van der Waals surface area contributed by atoms with Gasteiger partial charge < -0.3 is 25.0 Å². The van der Waals surface area contributed by atoms with Crippen LogP contribution in [0.3, 0.4) is 0 Å².